The Morgan fingerprint density at radius 3 is 1.11 bits per heavy atom. The summed E-state index contributed by atoms with van der Waals surface area (Å²) in [6.45, 7) is 10.6. The van der Waals surface area contributed by atoms with Crippen LogP contribution in [0, 0.1) is 11.8 Å². The van der Waals surface area contributed by atoms with Gasteiger partial charge in [-0.25, -0.2) is 0 Å². The maximum atomic E-state index is 12.8. The first kappa shape index (κ1) is 50.7. The van der Waals surface area contributed by atoms with Crippen molar-refractivity contribution in [3.8, 4) is 0 Å². The molecule has 1 heterocycles. The number of aliphatic hydroxyl groups is 2. The van der Waals surface area contributed by atoms with Crippen LogP contribution in [-0.2, 0) is 9.59 Å². The normalized spacial score (nSPS) is 16.3. The number of hydrogen-bond acceptors (Lipinski definition) is 8. The molecular formula is C44H90N6O4. The number of amides is 2. The summed E-state index contributed by atoms with van der Waals surface area (Å²) in [6, 6.07) is 0. The molecular weight excluding hydrogens is 677 g/mol. The second kappa shape index (κ2) is 36.1. The molecule has 4 unspecified atom stereocenters. The van der Waals surface area contributed by atoms with Gasteiger partial charge in [-0.2, -0.15) is 0 Å². The van der Waals surface area contributed by atoms with E-state index in [2.05, 4.69) is 34.3 Å². The van der Waals surface area contributed by atoms with Crippen LogP contribution in [0.1, 0.15) is 181 Å². The molecule has 0 aromatic rings. The molecule has 0 saturated carbocycles. The Morgan fingerprint density at radius 2 is 0.796 bits per heavy atom. The lowest BCUT2D eigenvalue weighted by molar-refractivity contribution is -0.123. The van der Waals surface area contributed by atoms with Crippen molar-refractivity contribution in [2.45, 2.75) is 193 Å². The topological polar surface area (TPSA) is 157 Å². The van der Waals surface area contributed by atoms with E-state index in [1.807, 2.05) is 0 Å². The van der Waals surface area contributed by atoms with Crippen LogP contribution >= 0.6 is 0 Å². The van der Waals surface area contributed by atoms with Gasteiger partial charge in [0.1, 0.15) is 0 Å². The van der Waals surface area contributed by atoms with E-state index in [1.165, 1.54) is 116 Å². The van der Waals surface area contributed by atoms with E-state index < -0.39 is 12.2 Å². The zero-order valence-corrected chi connectivity index (χ0v) is 35.5. The smallest absolute Gasteiger partial charge is 0.220 e. The Hall–Kier alpha value is -1.30. The van der Waals surface area contributed by atoms with Gasteiger partial charge in [-0.3, -0.25) is 19.4 Å². The standard InChI is InChI=1S/C44H90N6O4/c1-3-5-7-9-11-13-15-17-19-23-39(25-21-27-45)33-43(53)47-35-41(51)37-49-29-31-50(32-30-49)38-42(52)36-48-44(54)34-40(26-22-28-46)24-20-18-16-14-12-10-8-6-4-2/h39-42,51-52H,3-38,45-46H2,1-2H3,(H,47,53)(H,48,54). The number of β-amino-alcohol motifs (C(OH)–C–C–N with tert-alkyl or cyclic N) is 2. The van der Waals surface area contributed by atoms with Crippen LogP contribution in [0.3, 0.4) is 0 Å². The van der Waals surface area contributed by atoms with Crippen molar-refractivity contribution in [2.75, 3.05) is 65.4 Å². The lowest BCUT2D eigenvalue weighted by Gasteiger charge is -2.36. The summed E-state index contributed by atoms with van der Waals surface area (Å²) in [5.41, 5.74) is 11.6. The van der Waals surface area contributed by atoms with Crippen LogP contribution in [0.2, 0.25) is 0 Å². The predicted octanol–water partition coefficient (Wildman–Crippen LogP) is 6.89. The highest BCUT2D eigenvalue weighted by Crippen LogP contribution is 2.22. The molecule has 0 bridgehead atoms. The number of nitrogens with one attached hydrogen (secondary N) is 2. The molecule has 1 aliphatic heterocycles. The zero-order chi connectivity index (χ0) is 39.5. The van der Waals surface area contributed by atoms with Crippen molar-refractivity contribution in [3.63, 3.8) is 0 Å². The van der Waals surface area contributed by atoms with Crippen molar-refractivity contribution < 1.29 is 19.8 Å². The van der Waals surface area contributed by atoms with Crippen molar-refractivity contribution in [2.24, 2.45) is 23.3 Å². The van der Waals surface area contributed by atoms with Gasteiger partial charge in [0.2, 0.25) is 11.8 Å². The number of nitrogens with zero attached hydrogens (tertiary/aromatic N) is 2. The molecule has 1 fully saturated rings. The highest BCUT2D eigenvalue weighted by molar-refractivity contribution is 5.76. The Bertz CT molecular complexity index is 791. The van der Waals surface area contributed by atoms with Gasteiger partial charge in [0.05, 0.1) is 12.2 Å². The van der Waals surface area contributed by atoms with Gasteiger partial charge in [0.25, 0.3) is 0 Å². The number of carbonyl (C=O) groups excluding carboxylic acids is 2. The zero-order valence-electron chi connectivity index (χ0n) is 35.5. The molecule has 1 aliphatic rings. The fourth-order valence-corrected chi connectivity index (χ4v) is 8.01. The second-order valence-corrected chi connectivity index (χ2v) is 16.8. The molecule has 8 N–H and O–H groups in total. The van der Waals surface area contributed by atoms with Gasteiger partial charge in [-0.05, 0) is 63.5 Å². The number of piperazine rings is 1. The minimum atomic E-state index is -0.616. The quantitative estimate of drug-likeness (QED) is 0.0371. The van der Waals surface area contributed by atoms with Crippen LogP contribution in [0.15, 0.2) is 0 Å². The van der Waals surface area contributed by atoms with E-state index in [9.17, 15) is 19.8 Å². The van der Waals surface area contributed by atoms with Crippen molar-refractivity contribution in [1.82, 2.24) is 20.4 Å². The fourth-order valence-electron chi connectivity index (χ4n) is 8.01. The van der Waals surface area contributed by atoms with Crippen molar-refractivity contribution >= 4 is 11.8 Å². The monoisotopic (exact) mass is 767 g/mol. The van der Waals surface area contributed by atoms with Crippen LogP contribution < -0.4 is 22.1 Å². The minimum Gasteiger partial charge on any atom is -0.390 e. The van der Waals surface area contributed by atoms with E-state index in [4.69, 9.17) is 11.5 Å². The molecule has 4 atom stereocenters. The average molecular weight is 767 g/mol. The fraction of sp³-hybridized carbons (Fsp3) is 0.955. The second-order valence-electron chi connectivity index (χ2n) is 16.8. The van der Waals surface area contributed by atoms with Crippen molar-refractivity contribution in [1.29, 1.82) is 0 Å². The third-order valence-corrected chi connectivity index (χ3v) is 11.5. The van der Waals surface area contributed by atoms with E-state index in [1.54, 1.807) is 0 Å². The number of nitrogens with two attached hydrogens (primary N) is 2. The largest absolute Gasteiger partial charge is 0.390 e. The minimum absolute atomic E-state index is 0.0303. The summed E-state index contributed by atoms with van der Waals surface area (Å²) in [5.74, 6) is 0.782. The van der Waals surface area contributed by atoms with Gasteiger partial charge in [-0.15, -0.1) is 0 Å². The molecule has 0 aromatic heterocycles. The van der Waals surface area contributed by atoms with E-state index in [0.717, 1.165) is 64.7 Å². The number of carbonyl (C=O) groups is 2. The van der Waals surface area contributed by atoms with Crippen LogP contribution in [0.4, 0.5) is 0 Å². The Morgan fingerprint density at radius 1 is 0.500 bits per heavy atom. The van der Waals surface area contributed by atoms with Gasteiger partial charge < -0.3 is 32.3 Å². The Balaban J connectivity index is 2.23. The molecule has 2 amide bonds. The number of unbranched alkanes of at least 4 members (excludes halogenated alkanes) is 16. The van der Waals surface area contributed by atoms with Crippen LogP contribution in [0.5, 0.6) is 0 Å². The lowest BCUT2D eigenvalue weighted by atomic mass is 9.92. The summed E-state index contributed by atoms with van der Waals surface area (Å²) >= 11 is 0. The first-order chi connectivity index (χ1) is 26.3. The third kappa shape index (κ3) is 29.9. The molecule has 0 aromatic carbocycles. The van der Waals surface area contributed by atoms with E-state index >= 15 is 0 Å². The Kier molecular flexibility index (Phi) is 33.9. The number of rotatable bonds is 38. The average Bonchev–Trinajstić information content (AvgIpc) is 3.16. The number of hydrogen-bond donors (Lipinski definition) is 6. The third-order valence-electron chi connectivity index (χ3n) is 11.5. The molecule has 10 heteroatoms. The summed E-state index contributed by atoms with van der Waals surface area (Å²) in [4.78, 5) is 30.0. The summed E-state index contributed by atoms with van der Waals surface area (Å²) in [5, 5.41) is 27.4. The lowest BCUT2D eigenvalue weighted by Crippen LogP contribution is -2.52. The maximum Gasteiger partial charge on any atom is 0.220 e. The maximum absolute atomic E-state index is 12.8. The van der Waals surface area contributed by atoms with E-state index in [0.29, 0.717) is 50.9 Å². The predicted molar refractivity (Wildman–Crippen MR) is 227 cm³/mol. The van der Waals surface area contributed by atoms with Crippen LogP contribution in [-0.4, -0.2) is 109 Å². The Labute approximate surface area is 333 Å². The van der Waals surface area contributed by atoms with Crippen molar-refractivity contribution in [3.05, 3.63) is 0 Å². The summed E-state index contributed by atoms with van der Waals surface area (Å²) in [7, 11) is 0. The highest BCUT2D eigenvalue weighted by atomic mass is 16.3. The van der Waals surface area contributed by atoms with Gasteiger partial charge in [0, 0.05) is 65.2 Å². The molecule has 0 spiro atoms. The molecule has 0 aliphatic carbocycles. The molecule has 320 valence electrons. The number of aliphatic hydroxyl groups excluding tert-OH is 2. The molecule has 54 heavy (non-hydrogen) atoms. The summed E-state index contributed by atoms with van der Waals surface area (Å²) < 4.78 is 0. The SMILES string of the molecule is CCCCCCCCCCCC(CCCN)CC(=O)NCC(O)CN1CCN(CC(O)CNC(=O)CC(CCCN)CCCCCCCCCCC)CC1. The van der Waals surface area contributed by atoms with Gasteiger partial charge >= 0.3 is 0 Å². The first-order valence-corrected chi connectivity index (χ1v) is 23.0. The molecule has 0 radical (unpaired) electrons. The molecule has 10 nitrogen and oxygen atoms in total. The van der Waals surface area contributed by atoms with Gasteiger partial charge in [0.15, 0.2) is 0 Å². The first-order valence-electron chi connectivity index (χ1n) is 23.0. The van der Waals surface area contributed by atoms with E-state index in [-0.39, 0.29) is 24.9 Å². The summed E-state index contributed by atoms with van der Waals surface area (Å²) in [6.07, 6.45) is 29.3. The van der Waals surface area contributed by atoms with Crippen LogP contribution in [0.25, 0.3) is 0 Å². The van der Waals surface area contributed by atoms with Gasteiger partial charge in [-0.1, -0.05) is 129 Å². The molecule has 1 rings (SSSR count). The molecule has 1 saturated heterocycles. The highest BCUT2D eigenvalue weighted by Gasteiger charge is 2.22.